The second-order valence-corrected chi connectivity index (χ2v) is 6.20. The van der Waals surface area contributed by atoms with Crippen LogP contribution in [0.25, 0.3) is 22.3 Å². The molecule has 130 valence electrons. The van der Waals surface area contributed by atoms with Gasteiger partial charge in [-0.3, -0.25) is 0 Å². The quantitative estimate of drug-likeness (QED) is 0.223. The summed E-state index contributed by atoms with van der Waals surface area (Å²) >= 11 is 0. The molecule has 3 nitrogen and oxygen atoms in total. The van der Waals surface area contributed by atoms with Crippen LogP contribution < -0.4 is 0 Å². The summed E-state index contributed by atoms with van der Waals surface area (Å²) in [6, 6.07) is 35.3. The third-order valence-corrected chi connectivity index (χ3v) is 4.38. The van der Waals surface area contributed by atoms with E-state index in [9.17, 15) is 5.21 Å². The van der Waals surface area contributed by atoms with Crippen molar-refractivity contribution in [1.82, 2.24) is 0 Å². The van der Waals surface area contributed by atoms with Gasteiger partial charge in [-0.15, -0.1) is 0 Å². The van der Waals surface area contributed by atoms with Gasteiger partial charge >= 0.3 is 0 Å². The van der Waals surface area contributed by atoms with Gasteiger partial charge in [0.25, 0.3) is 0 Å². The predicted molar refractivity (Wildman–Crippen MR) is 109 cm³/mol. The van der Waals surface area contributed by atoms with E-state index in [0.717, 1.165) is 22.3 Å². The molecule has 0 fully saturated rings. The molecule has 0 saturated carbocycles. The molecular formula is C24H18N2O. The Balaban J connectivity index is 1.54. The van der Waals surface area contributed by atoms with Crippen LogP contribution in [0.5, 0.6) is 0 Å². The minimum Gasteiger partial charge on any atom is -0.594 e. The van der Waals surface area contributed by atoms with E-state index in [4.69, 9.17) is 0 Å². The normalized spacial score (nSPS) is 11.3. The van der Waals surface area contributed by atoms with Gasteiger partial charge in [-0.2, -0.15) is 0 Å². The minimum atomic E-state index is 0.502. The van der Waals surface area contributed by atoms with E-state index in [1.54, 1.807) is 12.1 Å². The van der Waals surface area contributed by atoms with E-state index >= 15 is 0 Å². The van der Waals surface area contributed by atoms with Gasteiger partial charge in [-0.1, -0.05) is 77.7 Å². The zero-order valence-electron chi connectivity index (χ0n) is 14.7. The fourth-order valence-corrected chi connectivity index (χ4v) is 2.93. The van der Waals surface area contributed by atoms with Gasteiger partial charge < -0.3 is 5.21 Å². The highest BCUT2D eigenvalue weighted by atomic mass is 16.5. The minimum absolute atomic E-state index is 0.502. The van der Waals surface area contributed by atoms with Gasteiger partial charge in [-0.05, 0) is 46.5 Å². The largest absolute Gasteiger partial charge is 0.594 e. The zero-order chi connectivity index (χ0) is 18.5. The highest BCUT2D eigenvalue weighted by molar-refractivity contribution is 5.65. The highest BCUT2D eigenvalue weighted by Crippen LogP contribution is 2.25. The second kappa shape index (κ2) is 7.67. The summed E-state index contributed by atoms with van der Waals surface area (Å²) in [5.74, 6) is 0. The molecule has 3 heteroatoms. The first-order chi connectivity index (χ1) is 13.3. The van der Waals surface area contributed by atoms with Gasteiger partial charge in [0.15, 0.2) is 0 Å². The van der Waals surface area contributed by atoms with Crippen LogP contribution in [-0.4, -0.2) is 4.86 Å². The van der Waals surface area contributed by atoms with Crippen LogP contribution >= 0.6 is 0 Å². The summed E-state index contributed by atoms with van der Waals surface area (Å²) in [6.45, 7) is 0. The standard InChI is InChI=1S/C24H18N2O/c27-26(24-17-13-22(14-18-24)20-9-5-2-6-10-20)25-23-15-11-21(12-16-23)19-7-3-1-4-8-19/h1-18H. The third-order valence-electron chi connectivity index (χ3n) is 4.38. The van der Waals surface area contributed by atoms with Gasteiger partial charge in [-0.25, -0.2) is 0 Å². The van der Waals surface area contributed by atoms with Crippen LogP contribution in [0.1, 0.15) is 0 Å². The molecule has 4 rings (SSSR count). The van der Waals surface area contributed by atoms with Crippen LogP contribution in [-0.2, 0) is 0 Å². The SMILES string of the molecule is [O-][N+](=Nc1ccc(-c2ccccc2)cc1)c1ccc(-c2ccccc2)cc1. The molecule has 0 unspecified atom stereocenters. The molecule has 0 heterocycles. The van der Waals surface area contributed by atoms with E-state index in [2.05, 4.69) is 17.2 Å². The zero-order valence-corrected chi connectivity index (χ0v) is 14.7. The number of nitrogens with zero attached hydrogens (tertiary/aromatic N) is 2. The molecule has 0 spiro atoms. The Labute approximate surface area is 158 Å². The molecule has 0 radical (unpaired) electrons. The van der Waals surface area contributed by atoms with Crippen molar-refractivity contribution in [2.45, 2.75) is 0 Å². The second-order valence-electron chi connectivity index (χ2n) is 6.20. The summed E-state index contributed by atoms with van der Waals surface area (Å²) < 4.78 is 0. The summed E-state index contributed by atoms with van der Waals surface area (Å²) in [5, 5.41) is 16.5. The lowest BCUT2D eigenvalue weighted by Gasteiger charge is -2.04. The van der Waals surface area contributed by atoms with E-state index in [1.807, 2.05) is 84.9 Å². The van der Waals surface area contributed by atoms with E-state index in [1.165, 1.54) is 0 Å². The molecule has 0 atom stereocenters. The number of hydrogen-bond acceptors (Lipinski definition) is 2. The molecule has 0 aromatic heterocycles. The fraction of sp³-hybridized carbons (Fsp3) is 0. The molecule has 0 saturated heterocycles. The van der Waals surface area contributed by atoms with Crippen molar-refractivity contribution >= 4 is 11.4 Å². The predicted octanol–water partition coefficient (Wildman–Crippen LogP) is 6.95. The maximum atomic E-state index is 12.4. The first-order valence-corrected chi connectivity index (χ1v) is 8.79. The first kappa shape index (κ1) is 16.7. The van der Waals surface area contributed by atoms with Gasteiger partial charge in [0.2, 0.25) is 5.69 Å². The maximum absolute atomic E-state index is 12.4. The van der Waals surface area contributed by atoms with Gasteiger partial charge in [0, 0.05) is 17.2 Å². The Kier molecular flexibility index (Phi) is 4.75. The summed E-state index contributed by atoms with van der Waals surface area (Å²) in [5.41, 5.74) is 5.55. The average Bonchev–Trinajstić information content (AvgIpc) is 2.76. The molecule has 4 aromatic carbocycles. The lowest BCUT2D eigenvalue weighted by atomic mass is 10.1. The summed E-state index contributed by atoms with van der Waals surface area (Å²) in [6.07, 6.45) is 0. The highest BCUT2D eigenvalue weighted by Gasteiger charge is 2.06. The number of rotatable bonds is 4. The molecule has 4 aromatic rings. The lowest BCUT2D eigenvalue weighted by molar-refractivity contribution is -0.435. The number of hydrogen-bond donors (Lipinski definition) is 0. The van der Waals surface area contributed by atoms with Crippen molar-refractivity contribution < 1.29 is 4.86 Å². The lowest BCUT2D eigenvalue weighted by Crippen LogP contribution is -1.90. The smallest absolute Gasteiger partial charge is 0.244 e. The third kappa shape index (κ3) is 3.93. The average molecular weight is 350 g/mol. The Bertz CT molecular complexity index is 1040. The monoisotopic (exact) mass is 350 g/mol. The van der Waals surface area contributed by atoms with Crippen LogP contribution in [0.4, 0.5) is 11.4 Å². The number of azo groups is 1. The summed E-state index contributed by atoms with van der Waals surface area (Å²) in [7, 11) is 0. The number of benzene rings is 4. The van der Waals surface area contributed by atoms with Crippen LogP contribution in [0.3, 0.4) is 0 Å². The Morgan fingerprint density at radius 1 is 0.481 bits per heavy atom. The van der Waals surface area contributed by atoms with E-state index in [0.29, 0.717) is 16.2 Å². The molecule has 0 aliphatic carbocycles. The first-order valence-electron chi connectivity index (χ1n) is 8.79. The van der Waals surface area contributed by atoms with Crippen LogP contribution in [0.2, 0.25) is 0 Å². The molecule has 0 bridgehead atoms. The Hall–Kier alpha value is -3.72. The topological polar surface area (TPSA) is 38.4 Å². The molecule has 0 amide bonds. The van der Waals surface area contributed by atoms with Crippen molar-refractivity contribution in [3.63, 3.8) is 0 Å². The molecule has 27 heavy (non-hydrogen) atoms. The Morgan fingerprint density at radius 3 is 1.37 bits per heavy atom. The van der Waals surface area contributed by atoms with Crippen molar-refractivity contribution in [1.29, 1.82) is 0 Å². The molecule has 0 aliphatic rings. The van der Waals surface area contributed by atoms with Crippen molar-refractivity contribution in [3.05, 3.63) is 114 Å². The molecule has 0 aliphatic heterocycles. The van der Waals surface area contributed by atoms with E-state index in [-0.39, 0.29) is 0 Å². The molecular weight excluding hydrogens is 332 g/mol. The van der Waals surface area contributed by atoms with Crippen molar-refractivity contribution in [3.8, 4) is 22.3 Å². The molecule has 0 N–H and O–H groups in total. The van der Waals surface area contributed by atoms with Crippen LogP contribution in [0.15, 0.2) is 114 Å². The van der Waals surface area contributed by atoms with Gasteiger partial charge in [0.05, 0.1) is 0 Å². The van der Waals surface area contributed by atoms with Crippen molar-refractivity contribution in [2.75, 3.05) is 0 Å². The van der Waals surface area contributed by atoms with E-state index < -0.39 is 0 Å². The van der Waals surface area contributed by atoms with Crippen LogP contribution in [0, 0.1) is 5.21 Å². The van der Waals surface area contributed by atoms with Gasteiger partial charge in [0.1, 0.15) is 5.69 Å². The van der Waals surface area contributed by atoms with Crippen molar-refractivity contribution in [2.24, 2.45) is 5.11 Å². The summed E-state index contributed by atoms with van der Waals surface area (Å²) in [4.78, 5) is 0.659. The fourth-order valence-electron chi connectivity index (χ4n) is 2.93. The maximum Gasteiger partial charge on any atom is 0.244 e. The Morgan fingerprint density at radius 2 is 0.889 bits per heavy atom.